The molecule has 0 aliphatic heterocycles. The van der Waals surface area contributed by atoms with Crippen LogP contribution in [0.2, 0.25) is 0 Å². The average Bonchev–Trinajstić information content (AvgIpc) is 2.37. The van der Waals surface area contributed by atoms with Crippen molar-refractivity contribution in [2.45, 2.75) is 20.8 Å². The maximum absolute atomic E-state index is 11.8. The second kappa shape index (κ2) is 5.80. The molecule has 0 heterocycles. The van der Waals surface area contributed by atoms with E-state index in [1.807, 2.05) is 25.2 Å². The van der Waals surface area contributed by atoms with E-state index in [1.165, 1.54) is 11.1 Å². The van der Waals surface area contributed by atoms with Crippen LogP contribution >= 0.6 is 15.9 Å². The zero-order valence-electron chi connectivity index (χ0n) is 12.2. The van der Waals surface area contributed by atoms with Crippen LogP contribution in [0.15, 0.2) is 40.9 Å². The van der Waals surface area contributed by atoms with Crippen molar-refractivity contribution in [2.24, 2.45) is 0 Å². The Hall–Kier alpha value is -1.61. The summed E-state index contributed by atoms with van der Waals surface area (Å²) in [7, 11) is 1.99. The van der Waals surface area contributed by atoms with Crippen LogP contribution < -0.4 is 4.90 Å². The number of nitrogens with zero attached hydrogens (tertiary/aromatic N) is 1. The molecule has 2 aromatic rings. The Labute approximate surface area is 128 Å². The lowest BCUT2D eigenvalue weighted by Gasteiger charge is -2.24. The Morgan fingerprint density at radius 1 is 1.05 bits per heavy atom. The third-order valence-electron chi connectivity index (χ3n) is 3.41. The highest BCUT2D eigenvalue weighted by molar-refractivity contribution is 9.10. The van der Waals surface area contributed by atoms with Gasteiger partial charge in [-0.15, -0.1) is 0 Å². The van der Waals surface area contributed by atoms with Gasteiger partial charge >= 0.3 is 0 Å². The minimum atomic E-state index is 0.0733. The first-order valence-corrected chi connectivity index (χ1v) is 7.31. The van der Waals surface area contributed by atoms with Crippen LogP contribution in [0, 0.1) is 13.8 Å². The number of carbonyl (C=O) groups excluding carboxylic acids is 1. The van der Waals surface area contributed by atoms with Gasteiger partial charge in [-0.2, -0.15) is 0 Å². The molecule has 104 valence electrons. The standard InChI is InChI=1S/C17H18BrNO/c1-11-5-8-16(12(2)9-11)19(4)17-10-14(18)6-7-15(17)13(3)20/h5-10H,1-4H3. The van der Waals surface area contributed by atoms with Crippen molar-refractivity contribution >= 4 is 33.1 Å². The highest BCUT2D eigenvalue weighted by atomic mass is 79.9. The molecule has 2 aromatic carbocycles. The first-order valence-electron chi connectivity index (χ1n) is 6.51. The van der Waals surface area contributed by atoms with Gasteiger partial charge in [0, 0.05) is 22.8 Å². The molecule has 0 amide bonds. The second-order valence-electron chi connectivity index (χ2n) is 5.07. The summed E-state index contributed by atoms with van der Waals surface area (Å²) in [6.07, 6.45) is 0. The van der Waals surface area contributed by atoms with Gasteiger partial charge in [-0.3, -0.25) is 4.79 Å². The molecule has 2 rings (SSSR count). The van der Waals surface area contributed by atoms with E-state index >= 15 is 0 Å². The van der Waals surface area contributed by atoms with Crippen molar-refractivity contribution in [1.82, 2.24) is 0 Å². The molecule has 0 spiro atoms. The van der Waals surface area contributed by atoms with Crippen LogP contribution in [0.5, 0.6) is 0 Å². The lowest BCUT2D eigenvalue weighted by Crippen LogP contribution is -2.14. The quantitative estimate of drug-likeness (QED) is 0.734. The van der Waals surface area contributed by atoms with E-state index in [2.05, 4.69) is 52.9 Å². The maximum Gasteiger partial charge on any atom is 0.161 e. The summed E-state index contributed by atoms with van der Waals surface area (Å²) in [4.78, 5) is 13.9. The van der Waals surface area contributed by atoms with E-state index < -0.39 is 0 Å². The van der Waals surface area contributed by atoms with Gasteiger partial charge in [-0.05, 0) is 50.6 Å². The van der Waals surface area contributed by atoms with E-state index in [1.54, 1.807) is 6.92 Å². The number of rotatable bonds is 3. The normalized spacial score (nSPS) is 10.4. The van der Waals surface area contributed by atoms with Crippen molar-refractivity contribution in [2.75, 3.05) is 11.9 Å². The Morgan fingerprint density at radius 2 is 1.75 bits per heavy atom. The van der Waals surface area contributed by atoms with Crippen LogP contribution in [-0.2, 0) is 0 Å². The van der Waals surface area contributed by atoms with Gasteiger partial charge in [0.1, 0.15) is 0 Å². The minimum absolute atomic E-state index is 0.0733. The summed E-state index contributed by atoms with van der Waals surface area (Å²) >= 11 is 3.48. The Kier molecular flexibility index (Phi) is 4.29. The van der Waals surface area contributed by atoms with E-state index in [0.29, 0.717) is 0 Å². The number of hydrogen-bond donors (Lipinski definition) is 0. The Balaban J connectivity index is 2.55. The van der Waals surface area contributed by atoms with Gasteiger partial charge in [0.15, 0.2) is 5.78 Å². The molecule has 0 aliphatic rings. The summed E-state index contributed by atoms with van der Waals surface area (Å²) < 4.78 is 0.967. The lowest BCUT2D eigenvalue weighted by molar-refractivity contribution is 0.101. The van der Waals surface area contributed by atoms with Gasteiger partial charge in [-0.25, -0.2) is 0 Å². The number of Topliss-reactive ketones (excluding diaryl/α,β-unsaturated/α-hetero) is 1. The molecule has 0 fully saturated rings. The monoisotopic (exact) mass is 331 g/mol. The molecule has 0 saturated heterocycles. The molecule has 0 radical (unpaired) electrons. The molecule has 0 bridgehead atoms. The number of halogens is 1. The predicted octanol–water partition coefficient (Wildman–Crippen LogP) is 5.04. The largest absolute Gasteiger partial charge is 0.344 e. The van der Waals surface area contributed by atoms with Crippen molar-refractivity contribution in [3.8, 4) is 0 Å². The predicted molar refractivity (Wildman–Crippen MR) is 88.1 cm³/mol. The Morgan fingerprint density at radius 3 is 2.35 bits per heavy atom. The number of benzene rings is 2. The highest BCUT2D eigenvalue weighted by Gasteiger charge is 2.14. The third kappa shape index (κ3) is 2.93. The molecule has 0 aromatic heterocycles. The van der Waals surface area contributed by atoms with Gasteiger partial charge in [0.2, 0.25) is 0 Å². The average molecular weight is 332 g/mol. The van der Waals surface area contributed by atoms with Crippen LogP contribution in [0.1, 0.15) is 28.4 Å². The first kappa shape index (κ1) is 14.8. The topological polar surface area (TPSA) is 20.3 Å². The summed E-state index contributed by atoms with van der Waals surface area (Å²) in [6, 6.07) is 12.1. The second-order valence-corrected chi connectivity index (χ2v) is 5.98. The molecule has 3 heteroatoms. The number of carbonyl (C=O) groups is 1. The molecule has 0 atom stereocenters. The molecule has 0 unspecified atom stereocenters. The van der Waals surface area contributed by atoms with Gasteiger partial charge in [-0.1, -0.05) is 33.6 Å². The smallest absolute Gasteiger partial charge is 0.161 e. The number of hydrogen-bond acceptors (Lipinski definition) is 2. The van der Waals surface area contributed by atoms with E-state index in [-0.39, 0.29) is 5.78 Å². The number of anilines is 2. The van der Waals surface area contributed by atoms with Crippen molar-refractivity contribution in [1.29, 1.82) is 0 Å². The Bertz CT molecular complexity index is 664. The van der Waals surface area contributed by atoms with Crippen LogP contribution in [-0.4, -0.2) is 12.8 Å². The van der Waals surface area contributed by atoms with E-state index in [4.69, 9.17) is 0 Å². The van der Waals surface area contributed by atoms with Crippen molar-refractivity contribution in [3.05, 3.63) is 57.6 Å². The van der Waals surface area contributed by atoms with Gasteiger partial charge < -0.3 is 4.90 Å². The highest BCUT2D eigenvalue weighted by Crippen LogP contribution is 2.32. The fourth-order valence-corrected chi connectivity index (χ4v) is 2.74. The van der Waals surface area contributed by atoms with Crippen LogP contribution in [0.3, 0.4) is 0 Å². The number of aryl methyl sites for hydroxylation is 2. The molecular formula is C17H18BrNO. The zero-order chi connectivity index (χ0) is 14.9. The summed E-state index contributed by atoms with van der Waals surface area (Å²) in [5.74, 6) is 0.0733. The summed E-state index contributed by atoms with van der Waals surface area (Å²) in [5, 5.41) is 0. The van der Waals surface area contributed by atoms with E-state index in [0.717, 1.165) is 21.4 Å². The SMILES string of the molecule is CC(=O)c1ccc(Br)cc1N(C)c1ccc(C)cc1C. The maximum atomic E-state index is 11.8. The van der Waals surface area contributed by atoms with Crippen LogP contribution in [0.25, 0.3) is 0 Å². The zero-order valence-corrected chi connectivity index (χ0v) is 13.8. The molecular weight excluding hydrogens is 314 g/mol. The molecule has 0 aliphatic carbocycles. The lowest BCUT2D eigenvalue weighted by atomic mass is 10.1. The van der Waals surface area contributed by atoms with Crippen molar-refractivity contribution in [3.63, 3.8) is 0 Å². The third-order valence-corrected chi connectivity index (χ3v) is 3.91. The van der Waals surface area contributed by atoms with Crippen molar-refractivity contribution < 1.29 is 4.79 Å². The van der Waals surface area contributed by atoms with Gasteiger partial charge in [0.05, 0.1) is 5.69 Å². The molecule has 20 heavy (non-hydrogen) atoms. The van der Waals surface area contributed by atoms with E-state index in [9.17, 15) is 4.79 Å². The minimum Gasteiger partial charge on any atom is -0.344 e. The molecule has 0 saturated carbocycles. The first-order chi connectivity index (χ1) is 9.40. The molecule has 0 N–H and O–H groups in total. The fourth-order valence-electron chi connectivity index (χ4n) is 2.39. The number of ketones is 1. The fraction of sp³-hybridized carbons (Fsp3) is 0.235. The summed E-state index contributed by atoms with van der Waals surface area (Å²) in [6.45, 7) is 5.77. The van der Waals surface area contributed by atoms with Gasteiger partial charge in [0.25, 0.3) is 0 Å². The van der Waals surface area contributed by atoms with Crippen LogP contribution in [0.4, 0.5) is 11.4 Å². The molecule has 2 nitrogen and oxygen atoms in total. The summed E-state index contributed by atoms with van der Waals surface area (Å²) in [5.41, 5.74) is 5.19.